The van der Waals surface area contributed by atoms with Crippen molar-refractivity contribution in [3.63, 3.8) is 0 Å². The molecule has 22 heavy (non-hydrogen) atoms. The second kappa shape index (κ2) is 6.30. The summed E-state index contributed by atoms with van der Waals surface area (Å²) in [4.78, 5) is 9.13. The summed E-state index contributed by atoms with van der Waals surface area (Å²) in [5, 5.41) is 10.3. The number of halogens is 1. The molecule has 0 aliphatic rings. The zero-order valence-electron chi connectivity index (χ0n) is 12.1. The standard InChI is InChI=1S/C17H15ClN2O2/c1-11-14-3-2-4-15(18)16(14)20-17(19-11)12-5-7-13(8-6-12)22-10-9-21/h2-8,21H,9-10H2,1H3. The molecule has 1 N–H and O–H groups in total. The Kier molecular flexibility index (Phi) is 4.22. The summed E-state index contributed by atoms with van der Waals surface area (Å²) < 4.78 is 5.35. The van der Waals surface area contributed by atoms with Gasteiger partial charge in [-0.3, -0.25) is 0 Å². The van der Waals surface area contributed by atoms with Gasteiger partial charge in [-0.15, -0.1) is 0 Å². The Bertz CT molecular complexity index is 804. The minimum atomic E-state index is -0.00672. The lowest BCUT2D eigenvalue weighted by molar-refractivity contribution is 0.201. The number of hydrogen-bond acceptors (Lipinski definition) is 4. The summed E-state index contributed by atoms with van der Waals surface area (Å²) in [6, 6.07) is 13.1. The molecule has 0 amide bonds. The van der Waals surface area contributed by atoms with Gasteiger partial charge in [-0.2, -0.15) is 0 Å². The van der Waals surface area contributed by atoms with Gasteiger partial charge in [0.1, 0.15) is 12.4 Å². The van der Waals surface area contributed by atoms with Crippen molar-refractivity contribution in [1.29, 1.82) is 0 Å². The molecule has 3 rings (SSSR count). The highest BCUT2D eigenvalue weighted by Crippen LogP contribution is 2.27. The van der Waals surface area contributed by atoms with Gasteiger partial charge in [0.05, 0.1) is 17.1 Å². The Labute approximate surface area is 133 Å². The third kappa shape index (κ3) is 2.89. The van der Waals surface area contributed by atoms with Gasteiger partial charge in [0, 0.05) is 16.6 Å². The van der Waals surface area contributed by atoms with Crippen molar-refractivity contribution in [2.24, 2.45) is 0 Å². The molecular weight excluding hydrogens is 300 g/mol. The number of aryl methyl sites for hydroxylation is 1. The molecule has 0 atom stereocenters. The lowest BCUT2D eigenvalue weighted by Crippen LogP contribution is -2.01. The Morgan fingerprint density at radius 3 is 2.59 bits per heavy atom. The average molecular weight is 315 g/mol. The first kappa shape index (κ1) is 14.8. The molecule has 4 nitrogen and oxygen atoms in total. The van der Waals surface area contributed by atoms with Crippen LogP contribution in [0.4, 0.5) is 0 Å². The van der Waals surface area contributed by atoms with Crippen molar-refractivity contribution in [1.82, 2.24) is 9.97 Å². The molecule has 0 saturated carbocycles. The lowest BCUT2D eigenvalue weighted by atomic mass is 10.1. The smallest absolute Gasteiger partial charge is 0.160 e. The molecule has 1 heterocycles. The predicted molar refractivity (Wildman–Crippen MR) is 87.3 cm³/mol. The number of nitrogens with zero attached hydrogens (tertiary/aromatic N) is 2. The van der Waals surface area contributed by atoms with E-state index in [9.17, 15) is 0 Å². The van der Waals surface area contributed by atoms with E-state index in [0.717, 1.165) is 22.2 Å². The fourth-order valence-electron chi connectivity index (χ4n) is 2.26. The van der Waals surface area contributed by atoms with Crippen molar-refractivity contribution >= 4 is 22.5 Å². The van der Waals surface area contributed by atoms with Crippen molar-refractivity contribution in [3.8, 4) is 17.1 Å². The lowest BCUT2D eigenvalue weighted by Gasteiger charge is -2.08. The topological polar surface area (TPSA) is 55.2 Å². The molecule has 0 saturated heterocycles. The maximum absolute atomic E-state index is 8.76. The predicted octanol–water partition coefficient (Wildman–Crippen LogP) is 3.63. The minimum absolute atomic E-state index is 0.00672. The van der Waals surface area contributed by atoms with E-state index in [1.165, 1.54) is 0 Å². The van der Waals surface area contributed by atoms with Crippen LogP contribution in [0, 0.1) is 6.92 Å². The zero-order valence-corrected chi connectivity index (χ0v) is 12.8. The summed E-state index contributed by atoms with van der Waals surface area (Å²) in [6.45, 7) is 2.22. The third-order valence-electron chi connectivity index (χ3n) is 3.34. The van der Waals surface area contributed by atoms with Crippen molar-refractivity contribution in [3.05, 3.63) is 53.2 Å². The fourth-order valence-corrected chi connectivity index (χ4v) is 2.48. The highest BCUT2D eigenvalue weighted by Gasteiger charge is 2.09. The van der Waals surface area contributed by atoms with Crippen LogP contribution >= 0.6 is 11.6 Å². The Balaban J connectivity index is 2.01. The highest BCUT2D eigenvalue weighted by molar-refractivity contribution is 6.35. The van der Waals surface area contributed by atoms with Crippen LogP contribution in [0.25, 0.3) is 22.3 Å². The molecule has 0 unspecified atom stereocenters. The van der Waals surface area contributed by atoms with Gasteiger partial charge in [-0.05, 0) is 37.3 Å². The first-order valence-electron chi connectivity index (χ1n) is 6.96. The van der Waals surface area contributed by atoms with Gasteiger partial charge in [0.2, 0.25) is 0 Å². The summed E-state index contributed by atoms with van der Waals surface area (Å²) in [6.07, 6.45) is 0. The first-order chi connectivity index (χ1) is 10.7. The van der Waals surface area contributed by atoms with Crippen LogP contribution in [-0.2, 0) is 0 Å². The molecule has 0 fully saturated rings. The number of aromatic nitrogens is 2. The first-order valence-corrected chi connectivity index (χ1v) is 7.34. The van der Waals surface area contributed by atoms with Gasteiger partial charge in [-0.1, -0.05) is 23.7 Å². The number of aliphatic hydroxyl groups is 1. The molecular formula is C17H15ClN2O2. The quantitative estimate of drug-likeness (QED) is 0.799. The highest BCUT2D eigenvalue weighted by atomic mass is 35.5. The van der Waals surface area contributed by atoms with Crippen LogP contribution in [0.5, 0.6) is 5.75 Å². The Morgan fingerprint density at radius 2 is 1.86 bits per heavy atom. The Morgan fingerprint density at radius 1 is 1.09 bits per heavy atom. The molecule has 2 aromatic carbocycles. The van der Waals surface area contributed by atoms with Crippen LogP contribution in [0.15, 0.2) is 42.5 Å². The zero-order chi connectivity index (χ0) is 15.5. The number of para-hydroxylation sites is 1. The molecule has 1 aromatic heterocycles. The van der Waals surface area contributed by atoms with Crippen LogP contribution in [0.2, 0.25) is 5.02 Å². The normalized spacial score (nSPS) is 10.9. The maximum Gasteiger partial charge on any atom is 0.160 e. The number of ether oxygens (including phenoxy) is 1. The van der Waals surface area contributed by atoms with E-state index in [4.69, 9.17) is 21.4 Å². The molecule has 3 aromatic rings. The van der Waals surface area contributed by atoms with E-state index in [2.05, 4.69) is 9.97 Å². The van der Waals surface area contributed by atoms with Crippen molar-refractivity contribution in [2.45, 2.75) is 6.92 Å². The molecule has 0 spiro atoms. The number of benzene rings is 2. The molecule has 0 aliphatic carbocycles. The van der Waals surface area contributed by atoms with E-state index in [-0.39, 0.29) is 13.2 Å². The van der Waals surface area contributed by atoms with E-state index in [1.54, 1.807) is 0 Å². The van der Waals surface area contributed by atoms with Gasteiger partial charge in [0.15, 0.2) is 5.82 Å². The number of rotatable bonds is 4. The number of aliphatic hydroxyl groups excluding tert-OH is 1. The van der Waals surface area contributed by atoms with E-state index >= 15 is 0 Å². The van der Waals surface area contributed by atoms with E-state index in [0.29, 0.717) is 16.6 Å². The van der Waals surface area contributed by atoms with Gasteiger partial charge < -0.3 is 9.84 Å². The maximum atomic E-state index is 8.76. The van der Waals surface area contributed by atoms with Gasteiger partial charge in [-0.25, -0.2) is 9.97 Å². The monoisotopic (exact) mass is 314 g/mol. The molecule has 0 aliphatic heterocycles. The summed E-state index contributed by atoms with van der Waals surface area (Å²) in [5.41, 5.74) is 2.54. The van der Waals surface area contributed by atoms with Crippen LogP contribution in [0.1, 0.15) is 5.69 Å². The molecule has 0 bridgehead atoms. The molecule has 112 valence electrons. The largest absolute Gasteiger partial charge is 0.491 e. The van der Waals surface area contributed by atoms with E-state index < -0.39 is 0 Å². The van der Waals surface area contributed by atoms with Gasteiger partial charge >= 0.3 is 0 Å². The second-order valence-corrected chi connectivity index (χ2v) is 5.27. The third-order valence-corrected chi connectivity index (χ3v) is 3.65. The average Bonchev–Trinajstić information content (AvgIpc) is 2.54. The second-order valence-electron chi connectivity index (χ2n) is 4.87. The summed E-state index contributed by atoms with van der Waals surface area (Å²) in [7, 11) is 0. The van der Waals surface area contributed by atoms with Crippen LogP contribution < -0.4 is 4.74 Å². The van der Waals surface area contributed by atoms with Crippen LogP contribution in [0.3, 0.4) is 0 Å². The van der Waals surface area contributed by atoms with E-state index in [1.807, 2.05) is 49.4 Å². The minimum Gasteiger partial charge on any atom is -0.491 e. The SMILES string of the molecule is Cc1nc(-c2ccc(OCCO)cc2)nc2c(Cl)cccc12. The Hall–Kier alpha value is -2.17. The van der Waals surface area contributed by atoms with Gasteiger partial charge in [0.25, 0.3) is 0 Å². The number of hydrogen-bond donors (Lipinski definition) is 1. The molecule has 5 heteroatoms. The number of fused-ring (bicyclic) bond motifs is 1. The summed E-state index contributed by atoms with van der Waals surface area (Å²) >= 11 is 6.24. The fraction of sp³-hybridized carbons (Fsp3) is 0.176. The molecule has 0 radical (unpaired) electrons. The summed E-state index contributed by atoms with van der Waals surface area (Å²) in [5.74, 6) is 1.33. The van der Waals surface area contributed by atoms with Crippen molar-refractivity contribution < 1.29 is 9.84 Å². The van der Waals surface area contributed by atoms with Crippen LogP contribution in [-0.4, -0.2) is 28.3 Å². The van der Waals surface area contributed by atoms with Crippen molar-refractivity contribution in [2.75, 3.05) is 13.2 Å².